The number of para-hydroxylation sites is 1. The molecule has 5 rings (SSSR count). The topological polar surface area (TPSA) is 69.7 Å². The highest BCUT2D eigenvalue weighted by Crippen LogP contribution is 2.33. The molecule has 3 amide bonds. The molecule has 1 N–H and O–H groups in total. The summed E-state index contributed by atoms with van der Waals surface area (Å²) in [7, 11) is 0. The van der Waals surface area contributed by atoms with Gasteiger partial charge in [-0.25, -0.2) is 0 Å². The van der Waals surface area contributed by atoms with Gasteiger partial charge in [0.25, 0.3) is 11.8 Å². The summed E-state index contributed by atoms with van der Waals surface area (Å²) in [5, 5.41) is 3.09. The second-order valence-electron chi connectivity index (χ2n) is 9.85. The van der Waals surface area contributed by atoms with E-state index in [9.17, 15) is 14.4 Å². The summed E-state index contributed by atoms with van der Waals surface area (Å²) in [6.07, 6.45) is 1.52. The fraction of sp³-hybridized carbons (Fsp3) is 0.300. The molecular weight excluding hydrogens is 450 g/mol. The summed E-state index contributed by atoms with van der Waals surface area (Å²) in [6, 6.07) is 20.4. The van der Waals surface area contributed by atoms with Gasteiger partial charge in [0.15, 0.2) is 0 Å². The van der Waals surface area contributed by atoms with Crippen LogP contribution < -0.4 is 10.2 Å². The molecule has 184 valence electrons. The maximum atomic E-state index is 13.5. The van der Waals surface area contributed by atoms with Crippen LogP contribution in [-0.2, 0) is 11.3 Å². The minimum atomic E-state index is -0.415. The van der Waals surface area contributed by atoms with Crippen LogP contribution in [0.1, 0.15) is 68.8 Å². The Balaban J connectivity index is 1.34. The van der Waals surface area contributed by atoms with Crippen LogP contribution in [0.25, 0.3) is 0 Å². The number of rotatable bonds is 5. The summed E-state index contributed by atoms with van der Waals surface area (Å²) in [6.45, 7) is 7.05. The molecule has 0 bridgehead atoms. The van der Waals surface area contributed by atoms with E-state index in [0.29, 0.717) is 36.3 Å². The number of hydrogen-bond acceptors (Lipinski definition) is 3. The lowest BCUT2D eigenvalue weighted by Gasteiger charge is -2.26. The summed E-state index contributed by atoms with van der Waals surface area (Å²) in [4.78, 5) is 42.9. The third kappa shape index (κ3) is 4.39. The summed E-state index contributed by atoms with van der Waals surface area (Å²) in [5.74, 6) is -0.263. The Morgan fingerprint density at radius 3 is 2.53 bits per heavy atom. The van der Waals surface area contributed by atoms with Crippen molar-refractivity contribution in [3.8, 4) is 0 Å². The Bertz CT molecular complexity index is 1330. The minimum absolute atomic E-state index is 0.0464. The van der Waals surface area contributed by atoms with Crippen LogP contribution in [0.15, 0.2) is 66.7 Å². The zero-order chi connectivity index (χ0) is 25.4. The van der Waals surface area contributed by atoms with Crippen LogP contribution in [0.5, 0.6) is 0 Å². The Kier molecular flexibility index (Phi) is 6.35. The molecule has 36 heavy (non-hydrogen) atoms. The third-order valence-corrected chi connectivity index (χ3v) is 7.29. The van der Waals surface area contributed by atoms with Crippen LogP contribution in [0.2, 0.25) is 0 Å². The van der Waals surface area contributed by atoms with Crippen molar-refractivity contribution in [2.75, 3.05) is 11.4 Å². The van der Waals surface area contributed by atoms with E-state index in [1.54, 1.807) is 28.0 Å². The van der Waals surface area contributed by atoms with Gasteiger partial charge in [0.2, 0.25) is 5.91 Å². The Labute approximate surface area is 211 Å². The molecule has 2 aliphatic rings. The van der Waals surface area contributed by atoms with E-state index in [0.717, 1.165) is 23.1 Å². The number of aryl methyl sites for hydroxylation is 2. The molecule has 1 saturated heterocycles. The van der Waals surface area contributed by atoms with Crippen molar-refractivity contribution in [2.24, 2.45) is 0 Å². The highest BCUT2D eigenvalue weighted by atomic mass is 16.2. The Hall–Kier alpha value is -3.93. The molecule has 0 aromatic heterocycles. The molecule has 0 aliphatic carbocycles. The summed E-state index contributed by atoms with van der Waals surface area (Å²) < 4.78 is 0. The van der Waals surface area contributed by atoms with Gasteiger partial charge in [-0.3, -0.25) is 14.4 Å². The average molecular weight is 482 g/mol. The molecule has 6 nitrogen and oxygen atoms in total. The van der Waals surface area contributed by atoms with Crippen molar-refractivity contribution in [3.05, 3.63) is 100 Å². The zero-order valence-corrected chi connectivity index (χ0v) is 21.0. The second-order valence-corrected chi connectivity index (χ2v) is 9.85. The second kappa shape index (κ2) is 9.61. The van der Waals surface area contributed by atoms with E-state index < -0.39 is 6.04 Å². The number of benzene rings is 3. The largest absolute Gasteiger partial charge is 0.346 e. The van der Waals surface area contributed by atoms with Gasteiger partial charge in [0.1, 0.15) is 6.04 Å². The van der Waals surface area contributed by atoms with E-state index in [1.807, 2.05) is 37.3 Å². The molecule has 2 atom stereocenters. The molecule has 0 radical (unpaired) electrons. The standard InChI is InChI=1S/C30H31N3O3/c1-19-10-15-24(20(2)17-19)21(3)31-28(34)23-13-11-22(12-14-23)18-33-26-8-5-4-7-25(26)29(35)32-16-6-9-27(32)30(33)36/h4-5,7-8,10-15,17,21,27H,6,9,16,18H2,1-3H3,(H,31,34). The minimum Gasteiger partial charge on any atom is -0.346 e. The SMILES string of the molecule is Cc1ccc(C(C)NC(=O)c2ccc(CN3C(=O)C4CCCN4C(=O)c4ccccc43)cc2)c(C)c1. The van der Waals surface area contributed by atoms with Crippen molar-refractivity contribution >= 4 is 23.4 Å². The van der Waals surface area contributed by atoms with Gasteiger partial charge in [-0.2, -0.15) is 0 Å². The van der Waals surface area contributed by atoms with Crippen molar-refractivity contribution < 1.29 is 14.4 Å². The third-order valence-electron chi connectivity index (χ3n) is 7.29. The molecule has 0 saturated carbocycles. The first-order valence-corrected chi connectivity index (χ1v) is 12.5. The Morgan fingerprint density at radius 1 is 1.03 bits per heavy atom. The van der Waals surface area contributed by atoms with Gasteiger partial charge < -0.3 is 15.1 Å². The lowest BCUT2D eigenvalue weighted by Crippen LogP contribution is -2.44. The van der Waals surface area contributed by atoms with Crippen molar-refractivity contribution in [2.45, 2.75) is 52.2 Å². The van der Waals surface area contributed by atoms with E-state index in [-0.39, 0.29) is 23.8 Å². The maximum absolute atomic E-state index is 13.5. The van der Waals surface area contributed by atoms with E-state index in [1.165, 1.54) is 5.56 Å². The predicted octanol–water partition coefficient (Wildman–Crippen LogP) is 4.95. The number of nitrogens with one attached hydrogen (secondary N) is 1. The van der Waals surface area contributed by atoms with Gasteiger partial charge in [-0.15, -0.1) is 0 Å². The molecule has 6 heteroatoms. The van der Waals surface area contributed by atoms with Crippen LogP contribution in [0.4, 0.5) is 5.69 Å². The average Bonchev–Trinajstić information content (AvgIpc) is 3.34. The van der Waals surface area contributed by atoms with Gasteiger partial charge in [0, 0.05) is 12.1 Å². The summed E-state index contributed by atoms with van der Waals surface area (Å²) in [5.41, 5.74) is 6.11. The van der Waals surface area contributed by atoms with Gasteiger partial charge in [-0.1, -0.05) is 48.0 Å². The molecule has 2 aliphatic heterocycles. The van der Waals surface area contributed by atoms with Crippen molar-refractivity contribution in [1.29, 1.82) is 0 Å². The number of amides is 3. The molecule has 0 spiro atoms. The van der Waals surface area contributed by atoms with Gasteiger partial charge in [0.05, 0.1) is 23.8 Å². The number of carbonyl (C=O) groups excluding carboxylic acids is 3. The number of nitrogens with zero attached hydrogens (tertiary/aromatic N) is 2. The zero-order valence-electron chi connectivity index (χ0n) is 21.0. The lowest BCUT2D eigenvalue weighted by molar-refractivity contribution is -0.122. The molecule has 2 unspecified atom stereocenters. The van der Waals surface area contributed by atoms with Gasteiger partial charge in [-0.05, 0) is 74.6 Å². The molecule has 3 aromatic carbocycles. The highest BCUT2D eigenvalue weighted by Gasteiger charge is 2.41. The fourth-order valence-corrected chi connectivity index (χ4v) is 5.39. The van der Waals surface area contributed by atoms with E-state index in [2.05, 4.69) is 37.4 Å². The van der Waals surface area contributed by atoms with Crippen molar-refractivity contribution in [3.63, 3.8) is 0 Å². The van der Waals surface area contributed by atoms with E-state index in [4.69, 9.17) is 0 Å². The van der Waals surface area contributed by atoms with E-state index >= 15 is 0 Å². The van der Waals surface area contributed by atoms with Crippen LogP contribution in [0.3, 0.4) is 0 Å². The highest BCUT2D eigenvalue weighted by molar-refractivity contribution is 6.11. The maximum Gasteiger partial charge on any atom is 0.256 e. The fourth-order valence-electron chi connectivity index (χ4n) is 5.39. The smallest absolute Gasteiger partial charge is 0.256 e. The lowest BCUT2D eigenvalue weighted by atomic mass is 10.00. The normalized spacial score (nSPS) is 17.9. The first-order valence-electron chi connectivity index (χ1n) is 12.5. The Morgan fingerprint density at radius 2 is 1.78 bits per heavy atom. The quantitative estimate of drug-likeness (QED) is 0.561. The van der Waals surface area contributed by atoms with Crippen molar-refractivity contribution in [1.82, 2.24) is 10.2 Å². The molecule has 3 aromatic rings. The monoisotopic (exact) mass is 481 g/mol. The summed E-state index contributed by atoms with van der Waals surface area (Å²) >= 11 is 0. The number of carbonyl (C=O) groups is 3. The van der Waals surface area contributed by atoms with Crippen LogP contribution in [0, 0.1) is 13.8 Å². The number of fused-ring (bicyclic) bond motifs is 2. The number of hydrogen-bond donors (Lipinski definition) is 1. The van der Waals surface area contributed by atoms with Gasteiger partial charge >= 0.3 is 0 Å². The van der Waals surface area contributed by atoms with Crippen LogP contribution >= 0.6 is 0 Å². The number of anilines is 1. The first kappa shape index (κ1) is 23.8. The molecule has 1 fully saturated rings. The molecular formula is C30H31N3O3. The first-order chi connectivity index (χ1) is 17.3. The van der Waals surface area contributed by atoms with Crippen LogP contribution in [-0.4, -0.2) is 35.2 Å². The predicted molar refractivity (Wildman–Crippen MR) is 140 cm³/mol. The molecule has 2 heterocycles.